The van der Waals surface area contributed by atoms with Crippen LogP contribution in [0.2, 0.25) is 0 Å². The number of pyridine rings is 1. The molecule has 1 unspecified atom stereocenters. The molecule has 1 amide bonds. The number of carbonyl (C=O) groups is 1. The Hall–Kier alpha value is -2.60. The third-order valence-corrected chi connectivity index (χ3v) is 4.50. The van der Waals surface area contributed by atoms with Crippen molar-refractivity contribution in [1.82, 2.24) is 15.2 Å². The molecule has 1 aromatic carbocycles. The Balaban J connectivity index is 1.48. The number of aromatic nitrogens is 1. The highest BCUT2D eigenvalue weighted by Gasteiger charge is 2.27. The summed E-state index contributed by atoms with van der Waals surface area (Å²) in [4.78, 5) is 18.8. The van der Waals surface area contributed by atoms with Crippen LogP contribution in [-0.4, -0.2) is 49.1 Å². The molecule has 0 saturated carbocycles. The molecule has 1 aromatic heterocycles. The first-order valence-corrected chi connectivity index (χ1v) is 8.95. The van der Waals surface area contributed by atoms with Gasteiger partial charge in [-0.2, -0.15) is 0 Å². The number of carbonyl (C=O) groups excluding carboxylic acids is 1. The average Bonchev–Trinajstić information content (AvgIpc) is 2.72. The van der Waals surface area contributed by atoms with Crippen molar-refractivity contribution in [2.45, 2.75) is 18.9 Å². The minimum Gasteiger partial charge on any atom is -0.497 e. The molecule has 1 atom stereocenters. The summed E-state index contributed by atoms with van der Waals surface area (Å²) < 4.78 is 10.8. The van der Waals surface area contributed by atoms with Crippen molar-refractivity contribution in [1.29, 1.82) is 0 Å². The van der Waals surface area contributed by atoms with Crippen LogP contribution in [-0.2, 0) is 4.79 Å². The van der Waals surface area contributed by atoms with Crippen LogP contribution in [0.5, 0.6) is 11.5 Å². The maximum atomic E-state index is 12.7. The summed E-state index contributed by atoms with van der Waals surface area (Å²) in [5.41, 5.74) is 1.07. The number of methoxy groups -OCH3 is 1. The Morgan fingerprint density at radius 1 is 1.27 bits per heavy atom. The number of piperazine rings is 1. The van der Waals surface area contributed by atoms with Crippen LogP contribution in [0.15, 0.2) is 48.8 Å². The summed E-state index contributed by atoms with van der Waals surface area (Å²) in [5, 5.41) is 3.36. The maximum Gasteiger partial charge on any atom is 0.223 e. The van der Waals surface area contributed by atoms with Gasteiger partial charge in [-0.05, 0) is 42.3 Å². The van der Waals surface area contributed by atoms with Crippen molar-refractivity contribution < 1.29 is 14.3 Å². The molecule has 0 radical (unpaired) electrons. The zero-order valence-electron chi connectivity index (χ0n) is 15.1. The highest BCUT2D eigenvalue weighted by molar-refractivity contribution is 5.76. The second kappa shape index (κ2) is 9.20. The largest absolute Gasteiger partial charge is 0.497 e. The van der Waals surface area contributed by atoms with E-state index in [4.69, 9.17) is 9.47 Å². The molecular weight excluding hydrogens is 330 g/mol. The van der Waals surface area contributed by atoms with E-state index in [1.807, 2.05) is 47.5 Å². The van der Waals surface area contributed by atoms with Crippen molar-refractivity contribution in [3.63, 3.8) is 0 Å². The van der Waals surface area contributed by atoms with Crippen molar-refractivity contribution in [3.05, 3.63) is 54.4 Å². The molecule has 6 nitrogen and oxygen atoms in total. The first-order valence-electron chi connectivity index (χ1n) is 8.95. The Labute approximate surface area is 154 Å². The lowest BCUT2D eigenvalue weighted by molar-refractivity contribution is -0.134. The topological polar surface area (TPSA) is 63.7 Å². The van der Waals surface area contributed by atoms with Gasteiger partial charge in [0.25, 0.3) is 0 Å². The van der Waals surface area contributed by atoms with Gasteiger partial charge < -0.3 is 19.7 Å². The number of benzene rings is 1. The van der Waals surface area contributed by atoms with Crippen LogP contribution in [0, 0.1) is 0 Å². The number of rotatable bonds is 7. The standard InChI is InChI=1S/C20H25N3O3/c1-25-17-6-8-18(9-7-17)26-13-3-5-20(24)23-12-11-22-15-19(23)16-4-2-10-21-14-16/h2,4,6-10,14,19,22H,3,5,11-13,15H2,1H3. The predicted molar refractivity (Wildman–Crippen MR) is 99.3 cm³/mol. The SMILES string of the molecule is COc1ccc(OCCCC(=O)N2CCNCC2c2cccnc2)cc1. The highest BCUT2D eigenvalue weighted by Crippen LogP contribution is 2.22. The van der Waals surface area contributed by atoms with Gasteiger partial charge in [0.15, 0.2) is 0 Å². The summed E-state index contributed by atoms with van der Waals surface area (Å²) in [6.07, 6.45) is 4.76. The second-order valence-corrected chi connectivity index (χ2v) is 6.22. The number of hydrogen-bond donors (Lipinski definition) is 1. The van der Waals surface area contributed by atoms with Gasteiger partial charge in [0.05, 0.1) is 19.8 Å². The molecule has 3 rings (SSSR count). The lowest BCUT2D eigenvalue weighted by Gasteiger charge is -2.36. The molecule has 1 aliphatic rings. The van der Waals surface area contributed by atoms with Crippen LogP contribution in [0.4, 0.5) is 0 Å². The molecule has 1 aliphatic heterocycles. The van der Waals surface area contributed by atoms with E-state index in [1.165, 1.54) is 0 Å². The molecule has 6 heteroatoms. The van der Waals surface area contributed by atoms with Crippen LogP contribution >= 0.6 is 0 Å². The number of nitrogens with one attached hydrogen (secondary N) is 1. The quantitative estimate of drug-likeness (QED) is 0.773. The van der Waals surface area contributed by atoms with Gasteiger partial charge in [-0.3, -0.25) is 9.78 Å². The van der Waals surface area contributed by atoms with Crippen molar-refractivity contribution in [2.75, 3.05) is 33.4 Å². The van der Waals surface area contributed by atoms with Gasteiger partial charge >= 0.3 is 0 Å². The van der Waals surface area contributed by atoms with E-state index >= 15 is 0 Å². The molecule has 138 valence electrons. The smallest absolute Gasteiger partial charge is 0.223 e. The molecular formula is C20H25N3O3. The lowest BCUT2D eigenvalue weighted by Crippen LogP contribution is -2.48. The van der Waals surface area contributed by atoms with E-state index in [-0.39, 0.29) is 11.9 Å². The van der Waals surface area contributed by atoms with Gasteiger partial charge in [0, 0.05) is 38.4 Å². The first kappa shape index (κ1) is 18.2. The van der Waals surface area contributed by atoms with Crippen molar-refractivity contribution in [3.8, 4) is 11.5 Å². The predicted octanol–water partition coefficient (Wildman–Crippen LogP) is 2.42. The average molecular weight is 355 g/mol. The number of nitrogens with zero attached hydrogens (tertiary/aromatic N) is 2. The summed E-state index contributed by atoms with van der Waals surface area (Å²) in [5.74, 6) is 1.75. The normalized spacial score (nSPS) is 17.0. The zero-order chi connectivity index (χ0) is 18.2. The van der Waals surface area contributed by atoms with E-state index < -0.39 is 0 Å². The fourth-order valence-electron chi connectivity index (χ4n) is 3.10. The molecule has 0 aliphatic carbocycles. The highest BCUT2D eigenvalue weighted by atomic mass is 16.5. The van der Waals surface area contributed by atoms with Gasteiger partial charge in [0.1, 0.15) is 11.5 Å². The molecule has 0 spiro atoms. The fourth-order valence-corrected chi connectivity index (χ4v) is 3.10. The molecule has 2 heterocycles. The van der Waals surface area contributed by atoms with E-state index in [9.17, 15) is 4.79 Å². The fraction of sp³-hybridized carbons (Fsp3) is 0.400. The summed E-state index contributed by atoms with van der Waals surface area (Å²) in [6, 6.07) is 11.4. The van der Waals surface area contributed by atoms with Crippen LogP contribution in [0.3, 0.4) is 0 Å². The molecule has 2 aromatic rings. The monoisotopic (exact) mass is 355 g/mol. The Morgan fingerprint density at radius 2 is 2.08 bits per heavy atom. The van der Waals surface area contributed by atoms with Gasteiger partial charge in [-0.1, -0.05) is 6.07 Å². The molecule has 1 fully saturated rings. The molecule has 1 N–H and O–H groups in total. The van der Waals surface area contributed by atoms with Crippen LogP contribution in [0.25, 0.3) is 0 Å². The van der Waals surface area contributed by atoms with E-state index in [2.05, 4.69) is 10.3 Å². The third kappa shape index (κ3) is 4.73. The number of amides is 1. The third-order valence-electron chi connectivity index (χ3n) is 4.50. The first-order chi connectivity index (χ1) is 12.8. The Bertz CT molecular complexity index is 691. The van der Waals surface area contributed by atoms with Gasteiger partial charge in [-0.25, -0.2) is 0 Å². The number of hydrogen-bond acceptors (Lipinski definition) is 5. The Morgan fingerprint density at radius 3 is 2.81 bits per heavy atom. The maximum absolute atomic E-state index is 12.7. The summed E-state index contributed by atoms with van der Waals surface area (Å²) in [6.45, 7) is 2.82. The van der Waals surface area contributed by atoms with E-state index in [0.29, 0.717) is 19.4 Å². The van der Waals surface area contributed by atoms with E-state index in [1.54, 1.807) is 13.3 Å². The van der Waals surface area contributed by atoms with Crippen molar-refractivity contribution in [2.24, 2.45) is 0 Å². The Kier molecular flexibility index (Phi) is 6.44. The molecule has 0 bridgehead atoms. The summed E-state index contributed by atoms with van der Waals surface area (Å²) >= 11 is 0. The lowest BCUT2D eigenvalue weighted by atomic mass is 10.0. The van der Waals surface area contributed by atoms with Crippen LogP contribution in [0.1, 0.15) is 24.4 Å². The van der Waals surface area contributed by atoms with E-state index in [0.717, 1.165) is 36.7 Å². The van der Waals surface area contributed by atoms with Gasteiger partial charge in [-0.15, -0.1) is 0 Å². The summed E-state index contributed by atoms with van der Waals surface area (Å²) in [7, 11) is 1.64. The second-order valence-electron chi connectivity index (χ2n) is 6.22. The van der Waals surface area contributed by atoms with Gasteiger partial charge in [0.2, 0.25) is 5.91 Å². The minimum absolute atomic E-state index is 0.0486. The minimum atomic E-state index is 0.0486. The molecule has 1 saturated heterocycles. The van der Waals surface area contributed by atoms with Crippen molar-refractivity contribution >= 4 is 5.91 Å². The number of ether oxygens (including phenoxy) is 2. The zero-order valence-corrected chi connectivity index (χ0v) is 15.1. The molecule has 26 heavy (non-hydrogen) atoms. The van der Waals surface area contributed by atoms with Crippen LogP contribution < -0.4 is 14.8 Å².